The lowest BCUT2D eigenvalue weighted by Gasteiger charge is -2.34. The van der Waals surface area contributed by atoms with Crippen molar-refractivity contribution < 1.29 is 27.5 Å². The van der Waals surface area contributed by atoms with Gasteiger partial charge in [-0.2, -0.15) is 0 Å². The number of nitrogens with one attached hydrogen (secondary N) is 1. The molecule has 0 aliphatic carbocycles. The minimum Gasteiger partial charge on any atom is -0.497 e. The molecule has 3 aromatic rings. The summed E-state index contributed by atoms with van der Waals surface area (Å²) >= 11 is 0. The molecule has 2 atom stereocenters. The van der Waals surface area contributed by atoms with Crippen LogP contribution in [0.5, 0.6) is 11.5 Å². The van der Waals surface area contributed by atoms with Crippen molar-refractivity contribution in [2.45, 2.75) is 64.1 Å². The molecule has 0 unspecified atom stereocenters. The van der Waals surface area contributed by atoms with Crippen LogP contribution in [0, 0.1) is 0 Å². The Labute approximate surface area is 249 Å². The van der Waals surface area contributed by atoms with Crippen molar-refractivity contribution in [3.63, 3.8) is 0 Å². The van der Waals surface area contributed by atoms with E-state index in [1.807, 2.05) is 32.9 Å². The molecule has 0 bridgehead atoms. The van der Waals surface area contributed by atoms with Gasteiger partial charge in [-0.05, 0) is 68.7 Å². The average molecular weight is 596 g/mol. The number of carbonyl (C=O) groups excluding carboxylic acids is 2. The Balaban J connectivity index is 2.09. The first-order valence-corrected chi connectivity index (χ1v) is 15.6. The Hall–Kier alpha value is -4.05. The second-order valence-electron chi connectivity index (χ2n) is 9.84. The van der Waals surface area contributed by atoms with Gasteiger partial charge in [0.1, 0.15) is 24.1 Å². The second kappa shape index (κ2) is 15.3. The zero-order valence-electron chi connectivity index (χ0n) is 24.9. The molecule has 0 fully saturated rings. The molecule has 0 aliphatic rings. The van der Waals surface area contributed by atoms with Gasteiger partial charge in [0.05, 0.1) is 24.3 Å². The Bertz CT molecular complexity index is 1410. The van der Waals surface area contributed by atoms with E-state index in [-0.39, 0.29) is 29.1 Å². The monoisotopic (exact) mass is 595 g/mol. The molecule has 42 heavy (non-hydrogen) atoms. The normalized spacial score (nSPS) is 12.6. The van der Waals surface area contributed by atoms with E-state index in [0.29, 0.717) is 24.5 Å². The largest absolute Gasteiger partial charge is 0.497 e. The summed E-state index contributed by atoms with van der Waals surface area (Å²) in [5.41, 5.74) is 1.00. The summed E-state index contributed by atoms with van der Waals surface area (Å²) in [6.45, 7) is 7.37. The number of methoxy groups -OCH3 is 1. The molecule has 10 heteroatoms. The van der Waals surface area contributed by atoms with E-state index in [2.05, 4.69) is 5.32 Å². The van der Waals surface area contributed by atoms with Crippen LogP contribution >= 0.6 is 0 Å². The molecule has 226 valence electrons. The van der Waals surface area contributed by atoms with Gasteiger partial charge in [-0.3, -0.25) is 13.9 Å². The Morgan fingerprint density at radius 1 is 0.881 bits per heavy atom. The fourth-order valence-electron chi connectivity index (χ4n) is 4.46. The first kappa shape index (κ1) is 32.5. The van der Waals surface area contributed by atoms with Crippen molar-refractivity contribution in [1.29, 1.82) is 0 Å². The molecule has 0 aromatic heterocycles. The van der Waals surface area contributed by atoms with E-state index >= 15 is 0 Å². The first-order chi connectivity index (χ1) is 20.2. The zero-order valence-corrected chi connectivity index (χ0v) is 25.8. The molecule has 0 spiro atoms. The van der Waals surface area contributed by atoms with Gasteiger partial charge in [0, 0.05) is 12.6 Å². The van der Waals surface area contributed by atoms with Crippen molar-refractivity contribution >= 4 is 27.5 Å². The van der Waals surface area contributed by atoms with Gasteiger partial charge in [-0.15, -0.1) is 0 Å². The van der Waals surface area contributed by atoms with Crippen molar-refractivity contribution in [2.75, 3.05) is 24.6 Å². The summed E-state index contributed by atoms with van der Waals surface area (Å²) in [6.07, 6.45) is 1.07. The topological polar surface area (TPSA) is 105 Å². The van der Waals surface area contributed by atoms with Gasteiger partial charge in [-0.25, -0.2) is 8.42 Å². The predicted octanol–water partition coefficient (Wildman–Crippen LogP) is 5.01. The van der Waals surface area contributed by atoms with Crippen LogP contribution in [0.3, 0.4) is 0 Å². The highest BCUT2D eigenvalue weighted by atomic mass is 32.2. The van der Waals surface area contributed by atoms with Gasteiger partial charge in [-0.1, -0.05) is 56.3 Å². The van der Waals surface area contributed by atoms with E-state index in [1.54, 1.807) is 68.6 Å². The number of rotatable bonds is 15. The zero-order chi connectivity index (χ0) is 30.7. The molecule has 2 amide bonds. The van der Waals surface area contributed by atoms with Gasteiger partial charge in [0.2, 0.25) is 11.8 Å². The van der Waals surface area contributed by atoms with Crippen LogP contribution in [-0.4, -0.2) is 57.5 Å². The van der Waals surface area contributed by atoms with Crippen molar-refractivity contribution in [2.24, 2.45) is 0 Å². The molecular weight excluding hydrogens is 554 g/mol. The SMILES string of the molecule is CCOc1ccccc1N(CC(=O)N(Cc1ccc(OC)cc1)[C@@H](CC)C(=O)N[C@@H](C)CC)S(=O)(=O)c1ccccc1. The van der Waals surface area contributed by atoms with Gasteiger partial charge < -0.3 is 19.7 Å². The van der Waals surface area contributed by atoms with Crippen molar-refractivity contribution in [1.82, 2.24) is 10.2 Å². The molecule has 0 aliphatic heterocycles. The Kier molecular flexibility index (Phi) is 11.8. The highest BCUT2D eigenvalue weighted by Gasteiger charge is 2.35. The number of sulfonamides is 1. The van der Waals surface area contributed by atoms with E-state index in [1.165, 1.54) is 17.0 Å². The molecule has 0 radical (unpaired) electrons. The fraction of sp³-hybridized carbons (Fsp3) is 0.375. The van der Waals surface area contributed by atoms with E-state index < -0.39 is 28.5 Å². The third-order valence-electron chi connectivity index (χ3n) is 6.94. The van der Waals surface area contributed by atoms with Crippen molar-refractivity contribution in [3.05, 3.63) is 84.4 Å². The van der Waals surface area contributed by atoms with E-state index in [9.17, 15) is 18.0 Å². The third kappa shape index (κ3) is 8.03. The standard InChI is InChI=1S/C32H41N3O6S/c1-6-24(4)33-32(37)28(7-2)34(22-25-18-20-26(40-5)21-19-25)31(36)23-35(29-16-12-13-17-30(29)41-8-3)42(38,39)27-14-10-9-11-15-27/h9-21,24,28H,6-8,22-23H2,1-5H3,(H,33,37)/t24-,28-/m0/s1. The minimum atomic E-state index is -4.19. The molecule has 1 N–H and O–H groups in total. The highest BCUT2D eigenvalue weighted by Crippen LogP contribution is 2.33. The lowest BCUT2D eigenvalue weighted by molar-refractivity contribution is -0.140. The van der Waals surface area contributed by atoms with Gasteiger partial charge >= 0.3 is 0 Å². The van der Waals surface area contributed by atoms with Crippen molar-refractivity contribution in [3.8, 4) is 11.5 Å². The number of ether oxygens (including phenoxy) is 2. The summed E-state index contributed by atoms with van der Waals surface area (Å²) in [4.78, 5) is 29.1. The van der Waals surface area contributed by atoms with E-state index in [0.717, 1.165) is 16.3 Å². The molecular formula is C32H41N3O6S. The number of nitrogens with zero attached hydrogens (tertiary/aromatic N) is 2. The Morgan fingerprint density at radius 2 is 1.52 bits per heavy atom. The number of benzene rings is 3. The minimum absolute atomic E-state index is 0.0346. The number of carbonyl (C=O) groups is 2. The van der Waals surface area contributed by atoms with Crippen LogP contribution in [0.15, 0.2) is 83.8 Å². The summed E-state index contributed by atoms with van der Waals surface area (Å²) in [7, 11) is -2.62. The number of para-hydroxylation sites is 2. The second-order valence-corrected chi connectivity index (χ2v) is 11.7. The lowest BCUT2D eigenvalue weighted by atomic mass is 10.1. The number of anilines is 1. The van der Waals surface area contributed by atoms with Gasteiger partial charge in [0.15, 0.2) is 0 Å². The van der Waals surface area contributed by atoms with Crippen LogP contribution < -0.4 is 19.1 Å². The van der Waals surface area contributed by atoms with Crippen LogP contribution in [0.2, 0.25) is 0 Å². The van der Waals surface area contributed by atoms with Gasteiger partial charge in [0.25, 0.3) is 10.0 Å². The Morgan fingerprint density at radius 3 is 2.12 bits per heavy atom. The average Bonchev–Trinajstić information content (AvgIpc) is 3.00. The van der Waals surface area contributed by atoms with Crippen LogP contribution in [0.4, 0.5) is 5.69 Å². The molecule has 9 nitrogen and oxygen atoms in total. The fourth-order valence-corrected chi connectivity index (χ4v) is 5.91. The smallest absolute Gasteiger partial charge is 0.264 e. The van der Waals surface area contributed by atoms with Crippen LogP contribution in [0.25, 0.3) is 0 Å². The predicted molar refractivity (Wildman–Crippen MR) is 164 cm³/mol. The maximum Gasteiger partial charge on any atom is 0.264 e. The lowest BCUT2D eigenvalue weighted by Crippen LogP contribution is -2.53. The maximum absolute atomic E-state index is 14.2. The summed E-state index contributed by atoms with van der Waals surface area (Å²) < 4.78 is 40.2. The molecule has 3 aromatic carbocycles. The number of hydrogen-bond donors (Lipinski definition) is 1. The highest BCUT2D eigenvalue weighted by molar-refractivity contribution is 7.92. The third-order valence-corrected chi connectivity index (χ3v) is 8.72. The van der Waals surface area contributed by atoms with E-state index in [4.69, 9.17) is 9.47 Å². The molecule has 0 saturated heterocycles. The summed E-state index contributed by atoms with van der Waals surface area (Å²) in [5, 5.41) is 2.98. The molecule has 3 rings (SSSR count). The van der Waals surface area contributed by atoms with Crippen LogP contribution in [0.1, 0.15) is 46.1 Å². The first-order valence-electron chi connectivity index (χ1n) is 14.2. The summed E-state index contributed by atoms with van der Waals surface area (Å²) in [5.74, 6) is 0.171. The molecule has 0 heterocycles. The summed E-state index contributed by atoms with van der Waals surface area (Å²) in [6, 6.07) is 21.0. The molecule has 0 saturated carbocycles. The van der Waals surface area contributed by atoms with Crippen LogP contribution in [-0.2, 0) is 26.2 Å². The number of hydrogen-bond acceptors (Lipinski definition) is 6. The quantitative estimate of drug-likeness (QED) is 0.265. The maximum atomic E-state index is 14.2. The number of amides is 2.